The van der Waals surface area contributed by atoms with Crippen molar-refractivity contribution in [2.45, 2.75) is 12.6 Å². The van der Waals surface area contributed by atoms with E-state index in [1.165, 1.54) is 6.07 Å². The molecule has 1 unspecified atom stereocenters. The molecule has 0 amide bonds. The van der Waals surface area contributed by atoms with E-state index in [9.17, 15) is 4.39 Å². The van der Waals surface area contributed by atoms with Crippen molar-refractivity contribution < 1.29 is 4.39 Å². The van der Waals surface area contributed by atoms with Crippen LogP contribution in [0.25, 0.3) is 0 Å². The second kappa shape index (κ2) is 3.64. The van der Waals surface area contributed by atoms with Gasteiger partial charge in [0.05, 0.1) is 5.70 Å². The summed E-state index contributed by atoms with van der Waals surface area (Å²) in [5.74, 6) is -0.286. The summed E-state index contributed by atoms with van der Waals surface area (Å²) in [6.07, 6.45) is 5.15. The van der Waals surface area contributed by atoms with Gasteiger partial charge in [0.1, 0.15) is 5.82 Å². The summed E-state index contributed by atoms with van der Waals surface area (Å²) in [4.78, 5) is 0. The van der Waals surface area contributed by atoms with Gasteiger partial charge in [-0.15, -0.1) is 0 Å². The smallest absolute Gasteiger partial charge is 0.153 e. The lowest BCUT2D eigenvalue weighted by Crippen LogP contribution is -2.53. The summed E-state index contributed by atoms with van der Waals surface area (Å²) in [5.41, 5.74) is 12.6. The van der Waals surface area contributed by atoms with Crippen molar-refractivity contribution in [3.8, 4) is 0 Å². The molecule has 1 heterocycles. The summed E-state index contributed by atoms with van der Waals surface area (Å²) >= 11 is 0. The maximum Gasteiger partial charge on any atom is 0.153 e. The molecule has 5 N–H and O–H groups in total. The van der Waals surface area contributed by atoms with Gasteiger partial charge < -0.3 is 11.1 Å². The lowest BCUT2D eigenvalue weighted by Gasteiger charge is -2.33. The van der Waals surface area contributed by atoms with Gasteiger partial charge >= 0.3 is 0 Å². The zero-order chi connectivity index (χ0) is 11.8. The molecule has 1 aliphatic rings. The fourth-order valence-electron chi connectivity index (χ4n) is 1.63. The molecule has 0 spiro atoms. The van der Waals surface area contributed by atoms with E-state index in [0.717, 1.165) is 0 Å². The Kier molecular flexibility index (Phi) is 2.44. The Balaban J connectivity index is 2.47. The third-order valence-corrected chi connectivity index (χ3v) is 2.77. The molecule has 1 aromatic rings. The third kappa shape index (κ3) is 1.57. The van der Waals surface area contributed by atoms with Crippen molar-refractivity contribution in [1.82, 2.24) is 5.32 Å². The van der Waals surface area contributed by atoms with Crippen molar-refractivity contribution in [3.05, 3.63) is 59.2 Å². The molecule has 3 nitrogen and oxygen atoms in total. The van der Waals surface area contributed by atoms with E-state index < -0.39 is 5.66 Å². The normalized spacial score (nSPS) is 23.8. The van der Waals surface area contributed by atoms with E-state index in [0.29, 0.717) is 16.8 Å². The molecule has 0 aliphatic carbocycles. The van der Waals surface area contributed by atoms with Crippen molar-refractivity contribution in [1.29, 1.82) is 0 Å². The number of hydrogen-bond acceptors (Lipinski definition) is 3. The van der Waals surface area contributed by atoms with Crippen molar-refractivity contribution in [2.24, 2.45) is 11.5 Å². The first kappa shape index (κ1) is 10.7. The van der Waals surface area contributed by atoms with Gasteiger partial charge in [0.25, 0.3) is 0 Å². The molecule has 16 heavy (non-hydrogen) atoms. The van der Waals surface area contributed by atoms with Crippen LogP contribution in [0.2, 0.25) is 0 Å². The Morgan fingerprint density at radius 2 is 2.12 bits per heavy atom. The van der Waals surface area contributed by atoms with Crippen LogP contribution in [0.5, 0.6) is 0 Å². The van der Waals surface area contributed by atoms with Crippen LogP contribution in [0, 0.1) is 12.7 Å². The molecule has 0 saturated carbocycles. The van der Waals surface area contributed by atoms with Gasteiger partial charge in [-0.2, -0.15) is 0 Å². The van der Waals surface area contributed by atoms with Gasteiger partial charge in [-0.3, -0.25) is 5.73 Å². The Morgan fingerprint density at radius 3 is 2.75 bits per heavy atom. The number of nitrogens with two attached hydrogens (primary N) is 2. The Labute approximate surface area is 93.6 Å². The third-order valence-electron chi connectivity index (χ3n) is 2.77. The Hall–Kier alpha value is -1.81. The zero-order valence-electron chi connectivity index (χ0n) is 9.00. The number of nitrogens with one attached hydrogen (secondary N) is 1. The second-order valence-electron chi connectivity index (χ2n) is 3.90. The topological polar surface area (TPSA) is 64.1 Å². The quantitative estimate of drug-likeness (QED) is 0.665. The number of benzene rings is 1. The zero-order valence-corrected chi connectivity index (χ0v) is 9.00. The average molecular weight is 219 g/mol. The Morgan fingerprint density at radius 1 is 1.38 bits per heavy atom. The second-order valence-corrected chi connectivity index (χ2v) is 3.90. The SMILES string of the molecule is Cc1ccc(C2(N)NC=CC=C2N)cc1F. The van der Waals surface area contributed by atoms with E-state index in [2.05, 4.69) is 5.32 Å². The monoisotopic (exact) mass is 219 g/mol. The molecule has 0 bridgehead atoms. The van der Waals surface area contributed by atoms with Crippen LogP contribution in [-0.4, -0.2) is 0 Å². The van der Waals surface area contributed by atoms with E-state index in [1.807, 2.05) is 0 Å². The van der Waals surface area contributed by atoms with E-state index in [-0.39, 0.29) is 5.82 Å². The van der Waals surface area contributed by atoms with Gasteiger partial charge in [-0.05, 0) is 36.9 Å². The van der Waals surface area contributed by atoms with Crippen molar-refractivity contribution in [2.75, 3.05) is 0 Å². The number of dihydropyridines is 1. The van der Waals surface area contributed by atoms with Crippen molar-refractivity contribution >= 4 is 0 Å². The molecule has 1 aliphatic heterocycles. The highest BCUT2D eigenvalue weighted by Crippen LogP contribution is 2.24. The minimum atomic E-state index is -1.02. The van der Waals surface area contributed by atoms with E-state index >= 15 is 0 Å². The molecule has 1 aromatic carbocycles. The van der Waals surface area contributed by atoms with E-state index in [4.69, 9.17) is 11.5 Å². The molecule has 0 radical (unpaired) electrons. The highest BCUT2D eigenvalue weighted by molar-refractivity contribution is 5.38. The fourth-order valence-corrected chi connectivity index (χ4v) is 1.63. The number of allylic oxidation sites excluding steroid dienone is 2. The maximum absolute atomic E-state index is 13.5. The number of hydrogen-bond donors (Lipinski definition) is 3. The minimum Gasteiger partial charge on any atom is -0.399 e. The predicted octanol–water partition coefficient (Wildman–Crippen LogP) is 1.21. The Bertz CT molecular complexity index is 479. The van der Waals surface area contributed by atoms with Crippen molar-refractivity contribution in [3.63, 3.8) is 0 Å². The summed E-state index contributed by atoms with van der Waals surface area (Å²) in [6.45, 7) is 1.70. The van der Waals surface area contributed by atoms with Crippen LogP contribution < -0.4 is 16.8 Å². The van der Waals surface area contributed by atoms with Gasteiger partial charge in [0.2, 0.25) is 0 Å². The molecule has 84 valence electrons. The van der Waals surface area contributed by atoms with Gasteiger partial charge in [-0.1, -0.05) is 12.1 Å². The van der Waals surface area contributed by atoms with Crippen LogP contribution in [0.3, 0.4) is 0 Å². The molecular weight excluding hydrogens is 205 g/mol. The molecule has 0 fully saturated rings. The first-order valence-electron chi connectivity index (χ1n) is 5.00. The lowest BCUT2D eigenvalue weighted by molar-refractivity contribution is 0.453. The summed E-state index contributed by atoms with van der Waals surface area (Å²) in [6, 6.07) is 4.86. The lowest BCUT2D eigenvalue weighted by atomic mass is 9.94. The standard InChI is InChI=1S/C12H14FN3/c1-8-4-5-9(7-10(8)13)12(15)11(14)3-2-6-16-12/h2-7,16H,14-15H2,1H3. The molecule has 0 aromatic heterocycles. The van der Waals surface area contributed by atoms with Crippen LogP contribution in [0.4, 0.5) is 4.39 Å². The number of halogens is 1. The van der Waals surface area contributed by atoms with Crippen LogP contribution >= 0.6 is 0 Å². The molecule has 0 saturated heterocycles. The first-order chi connectivity index (χ1) is 7.54. The van der Waals surface area contributed by atoms with Crippen LogP contribution in [0.15, 0.2) is 42.2 Å². The average Bonchev–Trinajstić information content (AvgIpc) is 2.26. The van der Waals surface area contributed by atoms with Crippen LogP contribution in [-0.2, 0) is 5.66 Å². The maximum atomic E-state index is 13.5. The highest BCUT2D eigenvalue weighted by atomic mass is 19.1. The molecule has 2 rings (SSSR count). The summed E-state index contributed by atoms with van der Waals surface area (Å²) in [7, 11) is 0. The molecular formula is C12H14FN3. The summed E-state index contributed by atoms with van der Waals surface area (Å²) < 4.78 is 13.5. The molecule has 4 heteroatoms. The minimum absolute atomic E-state index is 0.286. The van der Waals surface area contributed by atoms with Gasteiger partial charge in [-0.25, -0.2) is 4.39 Å². The first-order valence-corrected chi connectivity index (χ1v) is 5.00. The summed E-state index contributed by atoms with van der Waals surface area (Å²) in [5, 5.41) is 2.95. The van der Waals surface area contributed by atoms with E-state index in [1.54, 1.807) is 37.4 Å². The number of aryl methyl sites for hydroxylation is 1. The van der Waals surface area contributed by atoms with Gasteiger partial charge in [0, 0.05) is 5.56 Å². The van der Waals surface area contributed by atoms with Gasteiger partial charge in [0.15, 0.2) is 5.66 Å². The predicted molar refractivity (Wildman–Crippen MR) is 61.5 cm³/mol. The fraction of sp³-hybridized carbons (Fsp3) is 0.167. The highest BCUT2D eigenvalue weighted by Gasteiger charge is 2.30. The van der Waals surface area contributed by atoms with Crippen LogP contribution in [0.1, 0.15) is 11.1 Å². The largest absolute Gasteiger partial charge is 0.399 e. The number of rotatable bonds is 1. The molecule has 1 atom stereocenters.